The van der Waals surface area contributed by atoms with E-state index in [2.05, 4.69) is 17.1 Å². The minimum Gasteiger partial charge on any atom is -0.314 e. The van der Waals surface area contributed by atoms with Crippen LogP contribution in [0.1, 0.15) is 26.2 Å². The minimum absolute atomic E-state index is 0.351. The van der Waals surface area contributed by atoms with Crippen LogP contribution < -0.4 is 5.32 Å². The van der Waals surface area contributed by atoms with Gasteiger partial charge in [-0.3, -0.25) is 0 Å². The number of hydrogen-bond acceptors (Lipinski definition) is 4. The summed E-state index contributed by atoms with van der Waals surface area (Å²) >= 11 is 0. The molecule has 0 aromatic carbocycles. The van der Waals surface area contributed by atoms with Gasteiger partial charge in [0.05, 0.1) is 11.5 Å². The number of piperidine rings is 1. The Morgan fingerprint density at radius 3 is 2.47 bits per heavy atom. The lowest BCUT2D eigenvalue weighted by molar-refractivity contribution is 0.204. The Balaban J connectivity index is 1.66. The second-order valence-electron chi connectivity index (χ2n) is 5.39. The molecule has 100 valence electrons. The number of likely N-dealkylation sites (tertiary alicyclic amines) is 1. The first-order valence-electron chi connectivity index (χ1n) is 6.75. The zero-order chi connectivity index (χ0) is 12.3. The van der Waals surface area contributed by atoms with Crippen molar-refractivity contribution in [2.75, 3.05) is 37.7 Å². The molecule has 0 amide bonds. The third-order valence-corrected chi connectivity index (χ3v) is 5.89. The van der Waals surface area contributed by atoms with Gasteiger partial charge in [-0.15, -0.1) is 0 Å². The zero-order valence-corrected chi connectivity index (χ0v) is 11.5. The molecule has 17 heavy (non-hydrogen) atoms. The second kappa shape index (κ2) is 5.67. The highest BCUT2D eigenvalue weighted by atomic mass is 32.2. The maximum Gasteiger partial charge on any atom is 0.150 e. The Kier molecular flexibility index (Phi) is 4.44. The molecule has 4 nitrogen and oxygen atoms in total. The molecular formula is C12H24N2O2S. The maximum atomic E-state index is 11.3. The average Bonchev–Trinajstić information content (AvgIpc) is 2.67. The molecule has 0 radical (unpaired) electrons. The van der Waals surface area contributed by atoms with Crippen LogP contribution in [0.2, 0.25) is 0 Å². The first-order valence-corrected chi connectivity index (χ1v) is 8.57. The average molecular weight is 260 g/mol. The number of rotatable bonds is 4. The van der Waals surface area contributed by atoms with Crippen molar-refractivity contribution in [3.05, 3.63) is 0 Å². The fraction of sp³-hybridized carbons (Fsp3) is 1.00. The third kappa shape index (κ3) is 3.93. The summed E-state index contributed by atoms with van der Waals surface area (Å²) in [6.45, 7) is 6.59. The van der Waals surface area contributed by atoms with Crippen LogP contribution in [0.3, 0.4) is 0 Å². The van der Waals surface area contributed by atoms with E-state index in [1.807, 2.05) is 0 Å². The van der Waals surface area contributed by atoms with Gasteiger partial charge in [0.25, 0.3) is 0 Å². The predicted molar refractivity (Wildman–Crippen MR) is 69.9 cm³/mol. The SMILES string of the molecule is CCN1CCC(NCC2CCS(=O)(=O)C2)CC1. The van der Waals surface area contributed by atoms with Crippen LogP contribution in [-0.2, 0) is 9.84 Å². The van der Waals surface area contributed by atoms with E-state index in [0.29, 0.717) is 23.5 Å². The van der Waals surface area contributed by atoms with Crippen molar-refractivity contribution in [2.45, 2.75) is 32.2 Å². The molecule has 1 atom stereocenters. The van der Waals surface area contributed by atoms with Crippen molar-refractivity contribution in [2.24, 2.45) is 5.92 Å². The van der Waals surface area contributed by atoms with Crippen LogP contribution in [-0.4, -0.2) is 57.0 Å². The van der Waals surface area contributed by atoms with E-state index in [1.165, 1.54) is 25.9 Å². The smallest absolute Gasteiger partial charge is 0.150 e. The normalized spacial score (nSPS) is 30.8. The summed E-state index contributed by atoms with van der Waals surface area (Å²) in [5.41, 5.74) is 0. The molecule has 1 unspecified atom stereocenters. The van der Waals surface area contributed by atoms with Crippen LogP contribution in [0, 0.1) is 5.92 Å². The van der Waals surface area contributed by atoms with Gasteiger partial charge in [0.1, 0.15) is 0 Å². The van der Waals surface area contributed by atoms with Crippen LogP contribution in [0.5, 0.6) is 0 Å². The Morgan fingerprint density at radius 1 is 1.24 bits per heavy atom. The molecule has 0 bridgehead atoms. The van der Waals surface area contributed by atoms with Crippen molar-refractivity contribution >= 4 is 9.84 Å². The molecule has 5 heteroatoms. The highest BCUT2D eigenvalue weighted by Crippen LogP contribution is 2.18. The van der Waals surface area contributed by atoms with Gasteiger partial charge in [-0.2, -0.15) is 0 Å². The number of nitrogens with zero attached hydrogens (tertiary/aromatic N) is 1. The molecule has 2 fully saturated rings. The molecule has 0 spiro atoms. The Morgan fingerprint density at radius 2 is 1.94 bits per heavy atom. The summed E-state index contributed by atoms with van der Waals surface area (Å²) in [6.07, 6.45) is 3.25. The summed E-state index contributed by atoms with van der Waals surface area (Å²) in [7, 11) is -2.71. The third-order valence-electron chi connectivity index (χ3n) is 4.06. The van der Waals surface area contributed by atoms with Crippen molar-refractivity contribution < 1.29 is 8.42 Å². The molecule has 0 aliphatic carbocycles. The topological polar surface area (TPSA) is 49.4 Å². The predicted octanol–water partition coefficient (Wildman–Crippen LogP) is 0.495. The molecule has 0 saturated carbocycles. The van der Waals surface area contributed by atoms with Gasteiger partial charge in [-0.25, -0.2) is 8.42 Å². The highest BCUT2D eigenvalue weighted by Gasteiger charge is 2.28. The van der Waals surface area contributed by atoms with Gasteiger partial charge in [0.15, 0.2) is 9.84 Å². The molecule has 1 N–H and O–H groups in total. The molecular weight excluding hydrogens is 236 g/mol. The first-order chi connectivity index (χ1) is 8.09. The second-order valence-corrected chi connectivity index (χ2v) is 7.61. The number of hydrogen-bond donors (Lipinski definition) is 1. The molecule has 0 aromatic heterocycles. The fourth-order valence-corrected chi connectivity index (χ4v) is 4.68. The summed E-state index contributed by atoms with van der Waals surface area (Å²) < 4.78 is 22.7. The Hall–Kier alpha value is -0.130. The molecule has 2 heterocycles. The standard InChI is InChI=1S/C12H24N2O2S/c1-2-14-6-3-12(4-7-14)13-9-11-5-8-17(15,16)10-11/h11-13H,2-10H2,1H3. The van der Waals surface area contributed by atoms with Crippen LogP contribution in [0.15, 0.2) is 0 Å². The van der Waals surface area contributed by atoms with E-state index in [4.69, 9.17) is 0 Å². The summed E-state index contributed by atoms with van der Waals surface area (Å²) in [6, 6.07) is 0.598. The first kappa shape index (κ1) is 13.3. The molecule has 2 aliphatic heterocycles. The molecule has 2 rings (SSSR count). The quantitative estimate of drug-likeness (QED) is 0.799. The van der Waals surface area contributed by atoms with Crippen molar-refractivity contribution in [1.82, 2.24) is 10.2 Å². The maximum absolute atomic E-state index is 11.3. The number of sulfone groups is 1. The fourth-order valence-electron chi connectivity index (χ4n) is 2.82. The van der Waals surface area contributed by atoms with Crippen LogP contribution >= 0.6 is 0 Å². The van der Waals surface area contributed by atoms with Crippen molar-refractivity contribution in [3.63, 3.8) is 0 Å². The lowest BCUT2D eigenvalue weighted by atomic mass is 10.0. The van der Waals surface area contributed by atoms with Gasteiger partial charge >= 0.3 is 0 Å². The van der Waals surface area contributed by atoms with Gasteiger partial charge in [0.2, 0.25) is 0 Å². The van der Waals surface area contributed by atoms with Crippen LogP contribution in [0.25, 0.3) is 0 Å². The van der Waals surface area contributed by atoms with E-state index in [0.717, 1.165) is 19.5 Å². The van der Waals surface area contributed by atoms with Gasteiger partial charge in [-0.05, 0) is 51.4 Å². The largest absolute Gasteiger partial charge is 0.314 e. The monoisotopic (exact) mass is 260 g/mol. The van der Waals surface area contributed by atoms with Crippen molar-refractivity contribution in [1.29, 1.82) is 0 Å². The molecule has 2 aliphatic rings. The lowest BCUT2D eigenvalue weighted by Gasteiger charge is -2.32. The van der Waals surface area contributed by atoms with Crippen molar-refractivity contribution in [3.8, 4) is 0 Å². The summed E-state index contributed by atoms with van der Waals surface area (Å²) in [5, 5.41) is 3.55. The van der Waals surface area contributed by atoms with Gasteiger partial charge in [0, 0.05) is 6.04 Å². The van der Waals surface area contributed by atoms with Gasteiger partial charge in [-0.1, -0.05) is 6.92 Å². The van der Waals surface area contributed by atoms with E-state index >= 15 is 0 Å². The van der Waals surface area contributed by atoms with Gasteiger partial charge < -0.3 is 10.2 Å². The van der Waals surface area contributed by atoms with E-state index in [1.54, 1.807) is 0 Å². The summed E-state index contributed by atoms with van der Waals surface area (Å²) in [5.74, 6) is 1.14. The minimum atomic E-state index is -2.71. The Labute approximate surface area is 105 Å². The zero-order valence-electron chi connectivity index (χ0n) is 10.7. The Bertz CT molecular complexity index is 334. The summed E-state index contributed by atoms with van der Waals surface area (Å²) in [4.78, 5) is 2.47. The number of nitrogens with one attached hydrogen (secondary N) is 1. The lowest BCUT2D eigenvalue weighted by Crippen LogP contribution is -2.43. The van der Waals surface area contributed by atoms with E-state index in [9.17, 15) is 8.42 Å². The van der Waals surface area contributed by atoms with E-state index in [-0.39, 0.29) is 0 Å². The van der Waals surface area contributed by atoms with E-state index < -0.39 is 9.84 Å². The molecule has 2 saturated heterocycles. The van der Waals surface area contributed by atoms with Crippen LogP contribution in [0.4, 0.5) is 0 Å². The highest BCUT2D eigenvalue weighted by molar-refractivity contribution is 7.91. The molecule has 0 aromatic rings.